The van der Waals surface area contributed by atoms with Crippen LogP contribution in [-0.4, -0.2) is 6.29 Å². The van der Waals surface area contributed by atoms with Crippen molar-refractivity contribution in [1.82, 2.24) is 0 Å². The molecule has 17 heavy (non-hydrogen) atoms. The van der Waals surface area contributed by atoms with Gasteiger partial charge in [0, 0.05) is 9.13 Å². The third kappa shape index (κ3) is 3.03. The molecule has 0 fully saturated rings. The number of hydrogen-bond acceptors (Lipinski definition) is 2. The minimum Gasteiger partial charge on any atom is -0.454 e. The van der Waals surface area contributed by atoms with Gasteiger partial charge < -0.3 is 4.74 Å². The van der Waals surface area contributed by atoms with Gasteiger partial charge in [-0.1, -0.05) is 6.07 Å². The minimum atomic E-state index is -0.548. The van der Waals surface area contributed by atoms with E-state index in [-0.39, 0.29) is 11.3 Å². The first kappa shape index (κ1) is 12.0. The van der Waals surface area contributed by atoms with Crippen LogP contribution in [0.1, 0.15) is 10.4 Å². The van der Waals surface area contributed by atoms with E-state index in [1.54, 1.807) is 12.1 Å². The Morgan fingerprint density at radius 1 is 1.18 bits per heavy atom. The second kappa shape index (κ2) is 5.27. The van der Waals surface area contributed by atoms with Gasteiger partial charge in [0.2, 0.25) is 0 Å². The van der Waals surface area contributed by atoms with Crippen LogP contribution in [0, 0.1) is 9.39 Å². The molecule has 0 saturated carbocycles. The van der Waals surface area contributed by atoms with E-state index in [0.717, 1.165) is 9.64 Å². The van der Waals surface area contributed by atoms with E-state index in [0.29, 0.717) is 12.0 Å². The lowest BCUT2D eigenvalue weighted by atomic mass is 10.2. The second-order valence-electron chi connectivity index (χ2n) is 3.37. The topological polar surface area (TPSA) is 26.3 Å². The van der Waals surface area contributed by atoms with Gasteiger partial charge in [0.05, 0.1) is 0 Å². The van der Waals surface area contributed by atoms with Crippen LogP contribution >= 0.6 is 22.6 Å². The molecule has 0 aliphatic rings. The zero-order valence-corrected chi connectivity index (χ0v) is 10.8. The van der Waals surface area contributed by atoms with Crippen molar-refractivity contribution in [1.29, 1.82) is 0 Å². The highest BCUT2D eigenvalue weighted by atomic mass is 127. The van der Waals surface area contributed by atoms with E-state index in [1.807, 2.05) is 12.1 Å². The summed E-state index contributed by atoms with van der Waals surface area (Å²) < 4.78 is 19.9. The van der Waals surface area contributed by atoms with Gasteiger partial charge in [-0.3, -0.25) is 4.79 Å². The summed E-state index contributed by atoms with van der Waals surface area (Å²) in [4.78, 5) is 10.5. The molecule has 0 heterocycles. The second-order valence-corrected chi connectivity index (χ2v) is 4.61. The Labute approximate surface area is 112 Å². The van der Waals surface area contributed by atoms with Gasteiger partial charge >= 0.3 is 0 Å². The summed E-state index contributed by atoms with van der Waals surface area (Å²) in [7, 11) is 0. The van der Waals surface area contributed by atoms with Gasteiger partial charge in [0.1, 0.15) is 12.0 Å². The highest BCUT2D eigenvalue weighted by Gasteiger charge is 2.05. The molecular weight excluding hydrogens is 334 g/mol. The van der Waals surface area contributed by atoms with Crippen LogP contribution in [0.15, 0.2) is 42.5 Å². The molecule has 0 amide bonds. The average Bonchev–Trinajstić information content (AvgIpc) is 2.32. The first-order chi connectivity index (χ1) is 8.19. The number of ether oxygens (including phenoxy) is 1. The lowest BCUT2D eigenvalue weighted by molar-refractivity contribution is 0.112. The maximum atomic E-state index is 13.5. The molecule has 0 aliphatic carbocycles. The van der Waals surface area contributed by atoms with Crippen LogP contribution in [0.2, 0.25) is 0 Å². The highest BCUT2D eigenvalue weighted by molar-refractivity contribution is 14.1. The molecule has 0 aromatic heterocycles. The summed E-state index contributed by atoms with van der Waals surface area (Å²) in [6.45, 7) is 0. The average molecular weight is 342 g/mol. The van der Waals surface area contributed by atoms with Crippen molar-refractivity contribution in [2.45, 2.75) is 0 Å². The lowest BCUT2D eigenvalue weighted by Crippen LogP contribution is -1.90. The monoisotopic (exact) mass is 342 g/mol. The quantitative estimate of drug-likeness (QED) is 0.622. The summed E-state index contributed by atoms with van der Waals surface area (Å²) in [5.74, 6) is 0.126. The molecule has 0 spiro atoms. The highest BCUT2D eigenvalue weighted by Crippen LogP contribution is 2.25. The van der Waals surface area contributed by atoms with Crippen LogP contribution in [-0.2, 0) is 0 Å². The van der Waals surface area contributed by atoms with Crippen LogP contribution in [0.3, 0.4) is 0 Å². The molecule has 4 heteroatoms. The van der Waals surface area contributed by atoms with Crippen LogP contribution < -0.4 is 4.74 Å². The molecule has 2 rings (SSSR count). The number of rotatable bonds is 3. The van der Waals surface area contributed by atoms with Crippen molar-refractivity contribution in [2.24, 2.45) is 0 Å². The SMILES string of the molecule is O=Cc1ccc(Oc2cccc(I)c2)c(F)c1. The Hall–Kier alpha value is -1.43. The number of carbonyl (C=O) groups is 1. The van der Waals surface area contributed by atoms with Crippen LogP contribution in [0.5, 0.6) is 11.5 Å². The van der Waals surface area contributed by atoms with Gasteiger partial charge in [-0.05, 0) is 59.0 Å². The van der Waals surface area contributed by atoms with Crippen molar-refractivity contribution in [3.05, 3.63) is 57.4 Å². The number of aldehydes is 1. The number of hydrogen-bond donors (Lipinski definition) is 0. The standard InChI is InChI=1S/C13H8FIO2/c14-12-6-9(8-16)4-5-13(12)17-11-3-1-2-10(15)7-11/h1-8H. The molecule has 2 aromatic carbocycles. The van der Waals surface area contributed by atoms with E-state index in [2.05, 4.69) is 22.6 Å². The molecule has 0 atom stereocenters. The molecule has 0 radical (unpaired) electrons. The summed E-state index contributed by atoms with van der Waals surface area (Å²) in [6.07, 6.45) is 0.596. The van der Waals surface area contributed by atoms with Gasteiger partial charge in [-0.15, -0.1) is 0 Å². The largest absolute Gasteiger partial charge is 0.454 e. The van der Waals surface area contributed by atoms with Gasteiger partial charge in [0.15, 0.2) is 11.6 Å². The molecule has 0 aliphatic heterocycles. The third-order valence-electron chi connectivity index (χ3n) is 2.12. The van der Waals surface area contributed by atoms with Crippen LogP contribution in [0.25, 0.3) is 0 Å². The molecule has 2 aromatic rings. The Kier molecular flexibility index (Phi) is 3.73. The first-order valence-electron chi connectivity index (χ1n) is 4.87. The van der Waals surface area contributed by atoms with Crippen molar-refractivity contribution >= 4 is 28.9 Å². The molecule has 86 valence electrons. The van der Waals surface area contributed by atoms with Crippen molar-refractivity contribution < 1.29 is 13.9 Å². The zero-order valence-electron chi connectivity index (χ0n) is 8.69. The van der Waals surface area contributed by atoms with E-state index in [9.17, 15) is 9.18 Å². The van der Waals surface area contributed by atoms with E-state index in [1.165, 1.54) is 12.1 Å². The number of benzene rings is 2. The normalized spacial score (nSPS) is 10.0. The summed E-state index contributed by atoms with van der Waals surface area (Å²) in [5, 5.41) is 0. The number of halogens is 2. The van der Waals surface area contributed by atoms with Crippen molar-refractivity contribution in [3.63, 3.8) is 0 Å². The Bertz CT molecular complexity index is 555. The fourth-order valence-electron chi connectivity index (χ4n) is 1.33. The van der Waals surface area contributed by atoms with Gasteiger partial charge in [-0.2, -0.15) is 0 Å². The molecule has 0 N–H and O–H groups in total. The Morgan fingerprint density at radius 2 is 2.00 bits per heavy atom. The Morgan fingerprint density at radius 3 is 2.65 bits per heavy atom. The predicted molar refractivity (Wildman–Crippen MR) is 71.0 cm³/mol. The molecule has 0 bridgehead atoms. The van der Waals surface area contributed by atoms with E-state index >= 15 is 0 Å². The zero-order chi connectivity index (χ0) is 12.3. The summed E-state index contributed by atoms with van der Waals surface area (Å²) in [6, 6.07) is 11.4. The summed E-state index contributed by atoms with van der Waals surface area (Å²) >= 11 is 2.15. The molecule has 0 saturated heterocycles. The third-order valence-corrected chi connectivity index (χ3v) is 2.79. The fourth-order valence-corrected chi connectivity index (χ4v) is 1.85. The lowest BCUT2D eigenvalue weighted by Gasteiger charge is -2.07. The maximum Gasteiger partial charge on any atom is 0.166 e. The van der Waals surface area contributed by atoms with Gasteiger partial charge in [-0.25, -0.2) is 4.39 Å². The Balaban J connectivity index is 2.27. The van der Waals surface area contributed by atoms with Crippen molar-refractivity contribution in [2.75, 3.05) is 0 Å². The fraction of sp³-hybridized carbons (Fsp3) is 0. The molecular formula is C13H8FIO2. The molecule has 0 unspecified atom stereocenters. The van der Waals surface area contributed by atoms with E-state index in [4.69, 9.17) is 4.74 Å². The number of carbonyl (C=O) groups excluding carboxylic acids is 1. The van der Waals surface area contributed by atoms with E-state index < -0.39 is 5.82 Å². The van der Waals surface area contributed by atoms with Crippen LogP contribution in [0.4, 0.5) is 4.39 Å². The predicted octanol–water partition coefficient (Wildman–Crippen LogP) is 4.04. The van der Waals surface area contributed by atoms with Crippen molar-refractivity contribution in [3.8, 4) is 11.5 Å². The smallest absolute Gasteiger partial charge is 0.166 e. The first-order valence-corrected chi connectivity index (χ1v) is 5.95. The molecule has 2 nitrogen and oxygen atoms in total. The maximum absolute atomic E-state index is 13.5. The summed E-state index contributed by atoms with van der Waals surface area (Å²) in [5.41, 5.74) is 0.289. The van der Waals surface area contributed by atoms with Gasteiger partial charge in [0.25, 0.3) is 0 Å². The minimum absolute atomic E-state index is 0.109.